The molecule has 2 aromatic rings. The van der Waals surface area contributed by atoms with E-state index in [1.165, 1.54) is 0 Å². The van der Waals surface area contributed by atoms with Crippen molar-refractivity contribution in [2.75, 3.05) is 18.5 Å². The van der Waals surface area contributed by atoms with Gasteiger partial charge < -0.3 is 24.4 Å². The maximum absolute atomic E-state index is 13.6. The van der Waals surface area contributed by atoms with Gasteiger partial charge in [0, 0.05) is 25.1 Å². The van der Waals surface area contributed by atoms with Crippen LogP contribution in [0.3, 0.4) is 0 Å². The van der Waals surface area contributed by atoms with Gasteiger partial charge in [0.05, 0.1) is 24.4 Å². The highest BCUT2D eigenvalue weighted by Crippen LogP contribution is 2.38. The number of carbonyl (C=O) groups excluding carboxylic acids is 2. The molecule has 8 nitrogen and oxygen atoms in total. The number of anilines is 1. The fourth-order valence-electron chi connectivity index (χ4n) is 5.30. The number of benzene rings is 1. The van der Waals surface area contributed by atoms with Crippen molar-refractivity contribution in [1.82, 2.24) is 9.88 Å². The first-order chi connectivity index (χ1) is 16.1. The van der Waals surface area contributed by atoms with E-state index in [1.807, 2.05) is 23.1 Å². The molecule has 4 aliphatic rings. The van der Waals surface area contributed by atoms with Crippen LogP contribution in [0.15, 0.2) is 30.5 Å². The molecule has 6 rings (SSSR count). The highest BCUT2D eigenvalue weighted by atomic mass is 16.5. The zero-order chi connectivity index (χ0) is 22.4. The van der Waals surface area contributed by atoms with Crippen molar-refractivity contribution in [3.8, 4) is 17.4 Å². The van der Waals surface area contributed by atoms with Gasteiger partial charge in [-0.05, 0) is 49.8 Å². The monoisotopic (exact) mass is 449 g/mol. The molecule has 1 saturated heterocycles. The number of fused-ring (bicyclic) bond motifs is 3. The number of nitrogens with one attached hydrogen (secondary N) is 1. The second-order valence-electron chi connectivity index (χ2n) is 9.28. The van der Waals surface area contributed by atoms with E-state index in [4.69, 9.17) is 14.2 Å². The van der Waals surface area contributed by atoms with Crippen LogP contribution in [0.5, 0.6) is 17.4 Å². The van der Waals surface area contributed by atoms with E-state index < -0.39 is 0 Å². The van der Waals surface area contributed by atoms with E-state index in [9.17, 15) is 9.59 Å². The Balaban J connectivity index is 1.20. The van der Waals surface area contributed by atoms with Crippen LogP contribution in [0, 0.1) is 0 Å². The zero-order valence-electron chi connectivity index (χ0n) is 18.4. The van der Waals surface area contributed by atoms with Crippen molar-refractivity contribution in [3.05, 3.63) is 41.6 Å². The minimum Gasteiger partial charge on any atom is -0.490 e. The first-order valence-electron chi connectivity index (χ1n) is 11.8. The van der Waals surface area contributed by atoms with E-state index >= 15 is 0 Å². The third-order valence-corrected chi connectivity index (χ3v) is 7.01. The number of hydrogen-bond acceptors (Lipinski definition) is 6. The van der Waals surface area contributed by atoms with Crippen LogP contribution in [-0.4, -0.2) is 53.1 Å². The van der Waals surface area contributed by atoms with Crippen LogP contribution in [0.2, 0.25) is 0 Å². The third-order valence-electron chi connectivity index (χ3n) is 7.01. The summed E-state index contributed by atoms with van der Waals surface area (Å²) in [6, 6.07) is 7.30. The molecule has 2 fully saturated rings. The molecular weight excluding hydrogens is 422 g/mol. The predicted molar refractivity (Wildman–Crippen MR) is 120 cm³/mol. The lowest BCUT2D eigenvalue weighted by molar-refractivity contribution is -0.116. The van der Waals surface area contributed by atoms with Gasteiger partial charge in [0.1, 0.15) is 29.8 Å². The van der Waals surface area contributed by atoms with Gasteiger partial charge in [-0.25, -0.2) is 4.98 Å². The molecule has 0 unspecified atom stereocenters. The highest BCUT2D eigenvalue weighted by Gasteiger charge is 2.41. The Morgan fingerprint density at radius 2 is 1.97 bits per heavy atom. The lowest BCUT2D eigenvalue weighted by atomic mass is 10.1. The van der Waals surface area contributed by atoms with Crippen molar-refractivity contribution < 1.29 is 23.8 Å². The van der Waals surface area contributed by atoms with E-state index in [0.29, 0.717) is 55.4 Å². The fourth-order valence-corrected chi connectivity index (χ4v) is 5.30. The SMILES string of the molecule is O=C1CCc2cnc(O[C@H]3C[C@@H]4COc5cccc(OC6CCCC6)c5C(=O)N4C3)cc2N1. The molecule has 1 saturated carbocycles. The van der Waals surface area contributed by atoms with Crippen molar-refractivity contribution in [3.63, 3.8) is 0 Å². The number of aromatic nitrogens is 1. The maximum atomic E-state index is 13.6. The molecule has 1 aliphatic carbocycles. The summed E-state index contributed by atoms with van der Waals surface area (Å²) in [5.41, 5.74) is 2.28. The summed E-state index contributed by atoms with van der Waals surface area (Å²) in [7, 11) is 0. The van der Waals surface area contributed by atoms with Crippen molar-refractivity contribution >= 4 is 17.5 Å². The van der Waals surface area contributed by atoms with Gasteiger partial charge in [-0.3, -0.25) is 9.59 Å². The summed E-state index contributed by atoms with van der Waals surface area (Å²) in [5.74, 6) is 1.59. The Hall–Kier alpha value is -3.29. The Kier molecular flexibility index (Phi) is 5.08. The lowest BCUT2D eigenvalue weighted by Gasteiger charge is -2.22. The number of ether oxygens (including phenoxy) is 3. The second-order valence-corrected chi connectivity index (χ2v) is 9.28. The number of amides is 2. The largest absolute Gasteiger partial charge is 0.490 e. The van der Waals surface area contributed by atoms with Crippen LogP contribution in [-0.2, 0) is 11.2 Å². The standard InChI is InChI=1S/C25H27N3O5/c29-22-9-8-15-12-26-23(11-19(15)27-22)33-18-10-16-14-31-20-6-3-7-21(32-17-4-1-2-5-17)24(20)25(30)28(16)13-18/h3,6-7,11-12,16-18H,1-2,4-5,8-10,13-14H2,(H,27,29)/t16-,18+/m1/s1. The van der Waals surface area contributed by atoms with Crippen LogP contribution >= 0.6 is 0 Å². The molecule has 1 N–H and O–H groups in total. The number of rotatable bonds is 4. The van der Waals surface area contributed by atoms with Gasteiger partial charge in [0.2, 0.25) is 11.8 Å². The molecule has 4 heterocycles. The smallest absolute Gasteiger partial charge is 0.261 e. The van der Waals surface area contributed by atoms with Crippen LogP contribution < -0.4 is 19.5 Å². The predicted octanol–water partition coefficient (Wildman–Crippen LogP) is 3.34. The molecule has 172 valence electrons. The van der Waals surface area contributed by atoms with Gasteiger partial charge >= 0.3 is 0 Å². The normalized spacial score (nSPS) is 24.3. The summed E-state index contributed by atoms with van der Waals surface area (Å²) < 4.78 is 18.4. The molecule has 8 heteroatoms. The van der Waals surface area contributed by atoms with Gasteiger partial charge in [-0.15, -0.1) is 0 Å². The Labute approximate surface area is 192 Å². The minimum absolute atomic E-state index is 0.00550. The van der Waals surface area contributed by atoms with Gasteiger partial charge in [-0.2, -0.15) is 0 Å². The first-order valence-corrected chi connectivity index (χ1v) is 11.8. The van der Waals surface area contributed by atoms with Crippen LogP contribution in [0.1, 0.15) is 54.4 Å². The summed E-state index contributed by atoms with van der Waals surface area (Å²) in [5, 5.41) is 2.88. The average molecular weight is 450 g/mol. The second kappa shape index (κ2) is 8.24. The molecule has 2 atom stereocenters. The summed E-state index contributed by atoms with van der Waals surface area (Å²) in [6.45, 7) is 0.869. The Bertz CT molecular complexity index is 1100. The first kappa shape index (κ1) is 20.3. The molecule has 0 radical (unpaired) electrons. The quantitative estimate of drug-likeness (QED) is 0.770. The number of hydrogen-bond donors (Lipinski definition) is 1. The van der Waals surface area contributed by atoms with E-state index in [-0.39, 0.29) is 30.1 Å². The number of nitrogens with zero attached hydrogens (tertiary/aromatic N) is 2. The fraction of sp³-hybridized carbons (Fsp3) is 0.480. The molecule has 0 spiro atoms. The minimum atomic E-state index is -0.197. The van der Waals surface area contributed by atoms with Crippen LogP contribution in [0.4, 0.5) is 5.69 Å². The van der Waals surface area contributed by atoms with E-state index in [0.717, 1.165) is 36.9 Å². The lowest BCUT2D eigenvalue weighted by Crippen LogP contribution is -2.37. The molecular formula is C25H27N3O5. The van der Waals surface area contributed by atoms with Gasteiger partial charge in [0.15, 0.2) is 0 Å². The average Bonchev–Trinajstić information content (AvgIpc) is 3.44. The number of aryl methyl sites for hydroxylation is 1. The highest BCUT2D eigenvalue weighted by molar-refractivity contribution is 6.00. The summed E-state index contributed by atoms with van der Waals surface area (Å²) in [6.07, 6.45) is 7.91. The number of carbonyl (C=O) groups is 2. The van der Waals surface area contributed by atoms with Gasteiger partial charge in [0.25, 0.3) is 5.91 Å². The summed E-state index contributed by atoms with van der Waals surface area (Å²) in [4.78, 5) is 31.6. The zero-order valence-corrected chi connectivity index (χ0v) is 18.4. The molecule has 33 heavy (non-hydrogen) atoms. The Morgan fingerprint density at radius 1 is 1.09 bits per heavy atom. The maximum Gasteiger partial charge on any atom is 0.261 e. The molecule has 2 amide bonds. The number of pyridine rings is 1. The van der Waals surface area contributed by atoms with Crippen molar-refractivity contribution in [2.24, 2.45) is 0 Å². The van der Waals surface area contributed by atoms with E-state index in [2.05, 4.69) is 10.3 Å². The van der Waals surface area contributed by atoms with Crippen molar-refractivity contribution in [2.45, 2.75) is 63.2 Å². The topological polar surface area (TPSA) is 90.0 Å². The molecule has 1 aromatic heterocycles. The molecule has 0 bridgehead atoms. The molecule has 1 aromatic carbocycles. The Morgan fingerprint density at radius 3 is 2.85 bits per heavy atom. The van der Waals surface area contributed by atoms with Crippen LogP contribution in [0.25, 0.3) is 0 Å². The molecule has 3 aliphatic heterocycles. The van der Waals surface area contributed by atoms with Gasteiger partial charge in [-0.1, -0.05) is 6.07 Å². The van der Waals surface area contributed by atoms with E-state index in [1.54, 1.807) is 12.3 Å². The van der Waals surface area contributed by atoms with Crippen molar-refractivity contribution in [1.29, 1.82) is 0 Å². The third kappa shape index (κ3) is 3.87. The summed E-state index contributed by atoms with van der Waals surface area (Å²) >= 11 is 0.